The van der Waals surface area contributed by atoms with Crippen molar-refractivity contribution in [3.8, 4) is 0 Å². The summed E-state index contributed by atoms with van der Waals surface area (Å²) in [5.41, 5.74) is -8.93. The summed E-state index contributed by atoms with van der Waals surface area (Å²) in [6, 6.07) is -1.40. The molecule has 6 aliphatic heterocycles. The molecular weight excluding hydrogens is 1280 g/mol. The Kier molecular flexibility index (Phi) is 21.3. The molecule has 5 aliphatic carbocycles. The summed E-state index contributed by atoms with van der Waals surface area (Å²) < 4.78 is 72.3. The first kappa shape index (κ1) is 74.7. The average Bonchev–Trinajstić information content (AvgIpc) is 0.814. The van der Waals surface area contributed by atoms with Crippen LogP contribution in [0.3, 0.4) is 0 Å². The van der Waals surface area contributed by atoms with E-state index < -0.39 is 268 Å². The second kappa shape index (κ2) is 27.3. The summed E-state index contributed by atoms with van der Waals surface area (Å²) in [7, 11) is 0. The maximum Gasteiger partial charge on any atom is 0.315 e. The monoisotopic (exact) mass is 1380 g/mol. The Balaban J connectivity index is 0.872. The Morgan fingerprint density at radius 3 is 1.73 bits per heavy atom. The highest BCUT2D eigenvalue weighted by atomic mass is 16.8. The Morgan fingerprint density at radius 1 is 0.583 bits per heavy atom. The van der Waals surface area contributed by atoms with Crippen LogP contribution in [0.2, 0.25) is 0 Å². The summed E-state index contributed by atoms with van der Waals surface area (Å²) in [6.45, 7) is 9.96. The molecule has 0 aromatic heterocycles. The number of aliphatic hydroxyl groups excluding tert-OH is 15. The summed E-state index contributed by atoms with van der Waals surface area (Å²) in [4.78, 5) is 28.9. The second-order valence-electron chi connectivity index (χ2n) is 31.3. The van der Waals surface area contributed by atoms with Crippen molar-refractivity contribution in [1.82, 2.24) is 5.32 Å². The molecule has 32 heteroatoms. The highest BCUT2D eigenvalue weighted by Crippen LogP contribution is 2.76. The lowest BCUT2D eigenvalue weighted by Gasteiger charge is -2.73. The quantitative estimate of drug-likeness (QED) is 0.0367. The van der Waals surface area contributed by atoms with Gasteiger partial charge in [-0.05, 0) is 84.9 Å². The molecule has 1 amide bonds. The smallest absolute Gasteiger partial charge is 0.315 e. The summed E-state index contributed by atoms with van der Waals surface area (Å²) in [6.07, 6.45) is -34.2. The minimum Gasteiger partial charge on any atom is -0.432 e. The van der Waals surface area contributed by atoms with E-state index in [0.29, 0.717) is 44.9 Å². The maximum atomic E-state index is 15.7. The van der Waals surface area contributed by atoms with Gasteiger partial charge in [-0.25, -0.2) is 0 Å². The van der Waals surface area contributed by atoms with E-state index in [1.807, 2.05) is 20.8 Å². The van der Waals surface area contributed by atoms with Gasteiger partial charge in [0.05, 0.1) is 76.6 Å². The van der Waals surface area contributed by atoms with E-state index in [2.05, 4.69) is 39.1 Å². The van der Waals surface area contributed by atoms with Gasteiger partial charge in [0.25, 0.3) is 0 Å². The van der Waals surface area contributed by atoms with Crippen LogP contribution in [0.1, 0.15) is 107 Å². The number of nitrogens with one attached hydrogen (secondary N) is 1. The molecule has 0 aromatic carbocycles. The molecule has 4 saturated carbocycles. The van der Waals surface area contributed by atoms with E-state index in [0.717, 1.165) is 5.57 Å². The molecule has 34 atom stereocenters. The van der Waals surface area contributed by atoms with Crippen LogP contribution < -0.4 is 5.32 Å². The van der Waals surface area contributed by atoms with Crippen LogP contribution >= 0.6 is 0 Å². The minimum atomic E-state index is -2.21. The predicted molar refractivity (Wildman–Crippen MR) is 318 cm³/mol. The van der Waals surface area contributed by atoms with Crippen LogP contribution in [0.15, 0.2) is 11.6 Å². The van der Waals surface area contributed by atoms with Gasteiger partial charge in [-0.15, -0.1) is 0 Å². The van der Waals surface area contributed by atoms with Gasteiger partial charge in [0.2, 0.25) is 12.2 Å². The fraction of sp³-hybridized carbons (Fsp3) is 0.938. The molecule has 0 bridgehead atoms. The van der Waals surface area contributed by atoms with Crippen LogP contribution in [0.5, 0.6) is 0 Å². The van der Waals surface area contributed by atoms with Gasteiger partial charge in [0, 0.05) is 18.3 Å². The number of hydrogen-bond acceptors (Lipinski definition) is 31. The molecule has 34 unspecified atom stereocenters. The molecule has 11 aliphatic rings. The summed E-state index contributed by atoms with van der Waals surface area (Å²) >= 11 is 0. The number of hydrogen-bond donors (Lipinski definition) is 18. The maximum absolute atomic E-state index is 15.7. The van der Waals surface area contributed by atoms with Crippen LogP contribution in [-0.2, 0) is 66.4 Å². The molecule has 6 saturated heterocycles. The van der Waals surface area contributed by atoms with Gasteiger partial charge in [-0.3, -0.25) is 9.59 Å². The fourth-order valence-corrected chi connectivity index (χ4v) is 18.8. The van der Waals surface area contributed by atoms with E-state index in [9.17, 15) is 91.6 Å². The normalized spacial score (nSPS) is 53.0. The Bertz CT molecular complexity index is 2790. The molecular formula is C64H103NO31. The van der Waals surface area contributed by atoms with Gasteiger partial charge in [-0.1, -0.05) is 60.1 Å². The number of esters is 1. The van der Waals surface area contributed by atoms with E-state index >= 15 is 4.79 Å². The lowest BCUT2D eigenvalue weighted by Crippen LogP contribution is -2.74. The Morgan fingerprint density at radius 2 is 1.15 bits per heavy atom. The number of rotatable bonds is 17. The molecule has 0 spiro atoms. The van der Waals surface area contributed by atoms with Crippen molar-refractivity contribution in [2.24, 2.45) is 50.2 Å². The molecule has 550 valence electrons. The van der Waals surface area contributed by atoms with Crippen molar-refractivity contribution >= 4 is 11.9 Å². The number of ether oxygens (including phenoxy) is 12. The molecule has 96 heavy (non-hydrogen) atoms. The van der Waals surface area contributed by atoms with Crippen LogP contribution in [0.4, 0.5) is 0 Å². The predicted octanol–water partition coefficient (Wildman–Crippen LogP) is -5.74. The summed E-state index contributed by atoms with van der Waals surface area (Å²) in [5.74, 6) is -2.99. The Labute approximate surface area is 555 Å². The van der Waals surface area contributed by atoms with Gasteiger partial charge in [0.1, 0.15) is 103 Å². The molecule has 10 fully saturated rings. The van der Waals surface area contributed by atoms with Gasteiger partial charge < -0.3 is 149 Å². The standard InChI is InChI=1S/C64H103NO31/c1-26(69)65-35-44(94-52-40(76)37(73)30(71)20-86-52)38(74)32(21-87-51-39(75)36(72)29(70)19-85-51)91-50(35)92-34-11-12-59(6)33-10-9-27-28-17-57(2,3)13-15-62(28,16-14-60(27,7)61(33,8)47(79)42(78)46(59)58(34,4)5)56(82)96-53-45(95-55-49(81)64(84,23-68)25-89-55)41(77)43(31(18-66)90-53)93-54-48(80)63(83,22-67)24-88-54/h9,28-55,66-68,70-81,83-84H,10-25H2,1-8H3,(H,65,69). The van der Waals surface area contributed by atoms with Gasteiger partial charge in [0.15, 0.2) is 37.6 Å². The first-order valence-corrected chi connectivity index (χ1v) is 33.6. The van der Waals surface area contributed by atoms with E-state index in [1.54, 1.807) is 0 Å². The summed E-state index contributed by atoms with van der Waals surface area (Å²) in [5, 5.41) is 191. The van der Waals surface area contributed by atoms with E-state index in [4.69, 9.17) is 56.8 Å². The van der Waals surface area contributed by atoms with Crippen molar-refractivity contribution in [2.45, 2.75) is 272 Å². The molecule has 6 heterocycles. The average molecular weight is 1380 g/mol. The van der Waals surface area contributed by atoms with Crippen molar-refractivity contribution < 1.29 is 153 Å². The highest BCUT2D eigenvalue weighted by molar-refractivity contribution is 5.79. The third-order valence-electron chi connectivity index (χ3n) is 24.7. The second-order valence-corrected chi connectivity index (χ2v) is 31.3. The largest absolute Gasteiger partial charge is 0.432 e. The number of allylic oxidation sites excluding steroid dienone is 2. The zero-order chi connectivity index (χ0) is 70.1. The van der Waals surface area contributed by atoms with Crippen molar-refractivity contribution in [2.75, 3.05) is 52.9 Å². The minimum absolute atomic E-state index is 0.192. The molecule has 0 radical (unpaired) electrons. The molecule has 0 aromatic rings. The number of carbonyl (C=O) groups is 2. The lowest BCUT2D eigenvalue weighted by molar-refractivity contribution is -0.353. The van der Waals surface area contributed by atoms with Gasteiger partial charge in [-0.2, -0.15) is 0 Å². The third-order valence-corrected chi connectivity index (χ3v) is 24.7. The first-order chi connectivity index (χ1) is 44.9. The topological polar surface area (TPSA) is 501 Å². The van der Waals surface area contributed by atoms with Crippen LogP contribution in [0, 0.1) is 50.2 Å². The Hall–Kier alpha value is -2.44. The number of amides is 1. The highest BCUT2D eigenvalue weighted by Gasteiger charge is 2.75. The fourth-order valence-electron chi connectivity index (χ4n) is 18.8. The van der Waals surface area contributed by atoms with Gasteiger partial charge >= 0.3 is 5.97 Å². The number of aliphatic hydroxyl groups is 17. The van der Waals surface area contributed by atoms with Crippen LogP contribution in [-0.4, -0.2) is 316 Å². The number of fused-ring (bicyclic) bond motifs is 7. The third kappa shape index (κ3) is 12.5. The molecule has 11 rings (SSSR count). The van der Waals surface area contributed by atoms with Crippen molar-refractivity contribution in [3.63, 3.8) is 0 Å². The van der Waals surface area contributed by atoms with Crippen molar-refractivity contribution in [3.05, 3.63) is 11.6 Å². The van der Waals surface area contributed by atoms with E-state index in [1.165, 1.54) is 6.92 Å². The SMILES string of the molecule is CC(=O)NC1C(OC2CCC3(C)C(C(O)C(O)C4(C)C3CC=C3C5CC(C)(C)CCC5(C(=O)OC5OC(CO)C(OC6OCC(O)(CO)C6O)C(O)C5OC5OCC(O)(CO)C5O)CCC34C)C2(C)C)OC(COC2OCC(O)C(O)C2O)C(O)C1OC1OCC(O)C(O)C1O. The molecule has 32 nitrogen and oxygen atoms in total. The first-order valence-electron chi connectivity index (χ1n) is 33.6. The zero-order valence-electron chi connectivity index (χ0n) is 55.4. The zero-order valence-corrected chi connectivity index (χ0v) is 55.4. The number of carbonyl (C=O) groups excluding carboxylic acids is 2. The van der Waals surface area contributed by atoms with E-state index in [-0.39, 0.29) is 17.8 Å². The van der Waals surface area contributed by atoms with Crippen LogP contribution in [0.25, 0.3) is 0 Å². The van der Waals surface area contributed by atoms with Crippen molar-refractivity contribution in [1.29, 1.82) is 0 Å². The lowest BCUT2D eigenvalue weighted by atomic mass is 9.32. The molecule has 18 N–H and O–H groups in total.